The lowest BCUT2D eigenvalue weighted by atomic mass is 10.2. The second kappa shape index (κ2) is 10.3. The molecule has 1 saturated heterocycles. The minimum atomic E-state index is -0.421. The minimum Gasteiger partial charge on any atom is -0.376 e. The van der Waals surface area contributed by atoms with Gasteiger partial charge in [0.15, 0.2) is 11.0 Å². The number of para-hydroxylation sites is 1. The summed E-state index contributed by atoms with van der Waals surface area (Å²) in [5.41, 5.74) is 0.528. The number of benzene rings is 1. The third kappa shape index (κ3) is 5.21. The molecule has 4 rings (SSSR count). The number of amides is 1. The van der Waals surface area contributed by atoms with Crippen molar-refractivity contribution in [1.82, 2.24) is 14.7 Å². The molecule has 0 spiro atoms. The van der Waals surface area contributed by atoms with Crippen molar-refractivity contribution in [2.24, 2.45) is 0 Å². The molecule has 1 N–H and O–H groups in total. The summed E-state index contributed by atoms with van der Waals surface area (Å²) in [5, 5.41) is 7.38. The van der Waals surface area contributed by atoms with Gasteiger partial charge in [-0.1, -0.05) is 48.8 Å². The Labute approximate surface area is 190 Å². The molecule has 0 saturated carbocycles. The number of aryl methyl sites for hydroxylation is 1. The highest BCUT2D eigenvalue weighted by Gasteiger charge is 2.26. The molecule has 2 aromatic heterocycles. The zero-order chi connectivity index (χ0) is 22.5. The number of ether oxygens (including phenoxy) is 1. The number of hydrogen-bond donors (Lipinski definition) is 1. The van der Waals surface area contributed by atoms with Gasteiger partial charge in [-0.25, -0.2) is 4.98 Å². The van der Waals surface area contributed by atoms with Crippen molar-refractivity contribution in [1.29, 1.82) is 0 Å². The van der Waals surface area contributed by atoms with E-state index in [4.69, 9.17) is 14.2 Å². The number of unbranched alkanes of at least 4 members (excludes halogenated alkanes) is 1. The highest BCUT2D eigenvalue weighted by Crippen LogP contribution is 2.28. The molecule has 0 bridgehead atoms. The molecular formula is C23H28N4O4S. The number of anilines is 1. The van der Waals surface area contributed by atoms with E-state index in [-0.39, 0.29) is 17.6 Å². The molecule has 170 valence electrons. The zero-order valence-electron chi connectivity index (χ0n) is 18.4. The van der Waals surface area contributed by atoms with E-state index in [2.05, 4.69) is 17.4 Å². The average Bonchev–Trinajstić information content (AvgIpc) is 3.45. The maximum absolute atomic E-state index is 13.3. The SMILES string of the molecule is CCCCC(Sc1nc2ccccc2c(=O)n1CC1CCCO1)C(=O)Nc1cc(C)on1. The highest BCUT2D eigenvalue weighted by atomic mass is 32.2. The number of fused-ring (bicyclic) bond motifs is 1. The Morgan fingerprint density at radius 2 is 2.22 bits per heavy atom. The molecule has 1 aliphatic heterocycles. The fourth-order valence-electron chi connectivity index (χ4n) is 3.78. The van der Waals surface area contributed by atoms with Crippen LogP contribution in [0.15, 0.2) is 44.8 Å². The lowest BCUT2D eigenvalue weighted by molar-refractivity contribution is -0.115. The van der Waals surface area contributed by atoms with Crippen LogP contribution in [0.2, 0.25) is 0 Å². The van der Waals surface area contributed by atoms with E-state index in [1.807, 2.05) is 18.2 Å². The molecule has 1 aliphatic rings. The number of aromatic nitrogens is 3. The Hall–Kier alpha value is -2.65. The maximum Gasteiger partial charge on any atom is 0.262 e. The van der Waals surface area contributed by atoms with Gasteiger partial charge in [-0.05, 0) is 38.3 Å². The fraction of sp³-hybridized carbons (Fsp3) is 0.478. The molecule has 1 aromatic carbocycles. The Bertz CT molecular complexity index is 1140. The Morgan fingerprint density at radius 3 is 2.94 bits per heavy atom. The van der Waals surface area contributed by atoms with E-state index in [0.717, 1.165) is 25.7 Å². The number of nitrogens with one attached hydrogen (secondary N) is 1. The lowest BCUT2D eigenvalue weighted by Crippen LogP contribution is -2.31. The van der Waals surface area contributed by atoms with E-state index in [1.54, 1.807) is 23.6 Å². The third-order valence-electron chi connectivity index (χ3n) is 5.48. The van der Waals surface area contributed by atoms with Crippen LogP contribution in [0.5, 0.6) is 0 Å². The molecule has 3 aromatic rings. The van der Waals surface area contributed by atoms with Crippen LogP contribution in [0.25, 0.3) is 10.9 Å². The van der Waals surface area contributed by atoms with Crippen molar-refractivity contribution in [2.45, 2.75) is 69.0 Å². The standard InChI is InChI=1S/C23H28N4O4S/c1-3-4-11-19(21(28)25-20-13-15(2)31-26-20)32-23-24-18-10-6-5-9-17(18)22(29)27(23)14-16-8-7-12-30-16/h5-6,9-10,13,16,19H,3-4,7-8,11-12,14H2,1-2H3,(H,25,26,28). The van der Waals surface area contributed by atoms with Crippen molar-refractivity contribution in [2.75, 3.05) is 11.9 Å². The summed E-state index contributed by atoms with van der Waals surface area (Å²) in [6.45, 7) is 5.00. The molecule has 1 fully saturated rings. The molecule has 2 unspecified atom stereocenters. The van der Waals surface area contributed by atoms with Crippen LogP contribution in [-0.4, -0.2) is 38.6 Å². The Kier molecular flexibility index (Phi) is 7.26. The molecule has 3 heterocycles. The van der Waals surface area contributed by atoms with Gasteiger partial charge in [0.05, 0.1) is 28.8 Å². The molecule has 0 aliphatic carbocycles. The van der Waals surface area contributed by atoms with Crippen LogP contribution >= 0.6 is 11.8 Å². The number of carbonyl (C=O) groups is 1. The number of hydrogen-bond acceptors (Lipinski definition) is 7. The summed E-state index contributed by atoms with van der Waals surface area (Å²) < 4.78 is 12.5. The molecule has 0 radical (unpaired) electrons. The average molecular weight is 457 g/mol. The zero-order valence-corrected chi connectivity index (χ0v) is 19.2. The molecule has 8 nitrogen and oxygen atoms in total. The summed E-state index contributed by atoms with van der Waals surface area (Å²) in [7, 11) is 0. The van der Waals surface area contributed by atoms with Crippen LogP contribution in [0, 0.1) is 6.92 Å². The predicted octanol–water partition coefficient (Wildman–Crippen LogP) is 4.16. The number of nitrogens with zero attached hydrogens (tertiary/aromatic N) is 3. The van der Waals surface area contributed by atoms with E-state index in [1.165, 1.54) is 11.8 Å². The van der Waals surface area contributed by atoms with E-state index in [9.17, 15) is 9.59 Å². The Balaban J connectivity index is 1.66. The number of rotatable bonds is 9. The first kappa shape index (κ1) is 22.5. The molecule has 9 heteroatoms. The van der Waals surface area contributed by atoms with Gasteiger partial charge >= 0.3 is 0 Å². The predicted molar refractivity (Wildman–Crippen MR) is 124 cm³/mol. The van der Waals surface area contributed by atoms with Crippen molar-refractivity contribution in [3.8, 4) is 0 Å². The first-order chi connectivity index (χ1) is 15.5. The summed E-state index contributed by atoms with van der Waals surface area (Å²) in [5.74, 6) is 0.834. The maximum atomic E-state index is 13.3. The van der Waals surface area contributed by atoms with Gasteiger partial charge in [0, 0.05) is 12.7 Å². The second-order valence-electron chi connectivity index (χ2n) is 8.02. The topological polar surface area (TPSA) is 99.2 Å². The monoisotopic (exact) mass is 456 g/mol. The smallest absolute Gasteiger partial charge is 0.262 e. The van der Waals surface area contributed by atoms with E-state index < -0.39 is 5.25 Å². The second-order valence-corrected chi connectivity index (χ2v) is 9.19. The van der Waals surface area contributed by atoms with Gasteiger partial charge in [-0.15, -0.1) is 0 Å². The number of thioether (sulfide) groups is 1. The molecule has 32 heavy (non-hydrogen) atoms. The summed E-state index contributed by atoms with van der Waals surface area (Å²) >= 11 is 1.33. The summed E-state index contributed by atoms with van der Waals surface area (Å²) in [6, 6.07) is 9.00. The minimum absolute atomic E-state index is 0.0176. The van der Waals surface area contributed by atoms with Gasteiger partial charge in [0.1, 0.15) is 5.76 Å². The highest BCUT2D eigenvalue weighted by molar-refractivity contribution is 8.00. The van der Waals surface area contributed by atoms with E-state index in [0.29, 0.717) is 47.2 Å². The molecule has 1 amide bonds. The van der Waals surface area contributed by atoms with Gasteiger partial charge in [-0.3, -0.25) is 14.2 Å². The third-order valence-corrected chi connectivity index (χ3v) is 6.73. The number of carbonyl (C=O) groups excluding carboxylic acids is 1. The van der Waals surface area contributed by atoms with Crippen LogP contribution in [0.3, 0.4) is 0 Å². The van der Waals surface area contributed by atoms with Crippen molar-refractivity contribution >= 4 is 34.4 Å². The first-order valence-electron chi connectivity index (χ1n) is 11.1. The molecule has 2 atom stereocenters. The summed E-state index contributed by atoms with van der Waals surface area (Å²) in [6.07, 6.45) is 4.38. The summed E-state index contributed by atoms with van der Waals surface area (Å²) in [4.78, 5) is 31.2. The Morgan fingerprint density at radius 1 is 1.38 bits per heavy atom. The van der Waals surface area contributed by atoms with Crippen LogP contribution in [0.4, 0.5) is 5.82 Å². The van der Waals surface area contributed by atoms with Gasteiger partial charge < -0.3 is 14.6 Å². The van der Waals surface area contributed by atoms with Gasteiger partial charge in [0.25, 0.3) is 5.56 Å². The quantitative estimate of drug-likeness (QED) is 0.381. The van der Waals surface area contributed by atoms with Crippen molar-refractivity contribution in [3.05, 3.63) is 46.4 Å². The van der Waals surface area contributed by atoms with Crippen LogP contribution < -0.4 is 10.9 Å². The van der Waals surface area contributed by atoms with Crippen LogP contribution in [-0.2, 0) is 16.1 Å². The van der Waals surface area contributed by atoms with Crippen molar-refractivity contribution < 1.29 is 14.1 Å². The normalized spacial score (nSPS) is 17.0. The van der Waals surface area contributed by atoms with Gasteiger partial charge in [-0.2, -0.15) is 0 Å². The largest absolute Gasteiger partial charge is 0.376 e. The lowest BCUT2D eigenvalue weighted by Gasteiger charge is -2.20. The first-order valence-corrected chi connectivity index (χ1v) is 11.9. The van der Waals surface area contributed by atoms with Crippen LogP contribution in [0.1, 0.15) is 44.8 Å². The molecular weight excluding hydrogens is 428 g/mol. The van der Waals surface area contributed by atoms with E-state index >= 15 is 0 Å². The van der Waals surface area contributed by atoms with Crippen molar-refractivity contribution in [3.63, 3.8) is 0 Å². The fourth-order valence-corrected chi connectivity index (χ4v) is 4.92. The van der Waals surface area contributed by atoms with Gasteiger partial charge in [0.2, 0.25) is 5.91 Å².